The van der Waals surface area contributed by atoms with Gasteiger partial charge in [-0.2, -0.15) is 0 Å². The van der Waals surface area contributed by atoms with Gasteiger partial charge < -0.3 is 15.6 Å². The maximum Gasteiger partial charge on any atom is 0.303 e. The number of aliphatic carboxylic acids is 1. The second kappa shape index (κ2) is 5.51. The third-order valence-electron chi connectivity index (χ3n) is 2.46. The first kappa shape index (κ1) is 12.5. The smallest absolute Gasteiger partial charge is 0.303 e. The van der Waals surface area contributed by atoms with Crippen LogP contribution in [-0.4, -0.2) is 18.2 Å². The normalized spacial score (nSPS) is 12.2. The molecular formula is C12H17NO3. The molecule has 0 bridgehead atoms. The van der Waals surface area contributed by atoms with Crippen LogP contribution in [0, 0.1) is 6.92 Å². The number of methoxy groups -OCH3 is 1. The molecule has 88 valence electrons. The molecule has 1 atom stereocenters. The van der Waals surface area contributed by atoms with Crippen LogP contribution in [-0.2, 0) is 4.79 Å². The molecule has 0 radical (unpaired) electrons. The first-order valence-corrected chi connectivity index (χ1v) is 5.16. The summed E-state index contributed by atoms with van der Waals surface area (Å²) in [6.07, 6.45) is 0.479. The van der Waals surface area contributed by atoms with Gasteiger partial charge in [0, 0.05) is 18.0 Å². The molecule has 0 spiro atoms. The van der Waals surface area contributed by atoms with Crippen molar-refractivity contribution >= 4 is 5.97 Å². The van der Waals surface area contributed by atoms with Gasteiger partial charge in [-0.1, -0.05) is 12.1 Å². The Morgan fingerprint density at radius 1 is 1.56 bits per heavy atom. The molecule has 0 aliphatic carbocycles. The van der Waals surface area contributed by atoms with E-state index < -0.39 is 5.97 Å². The van der Waals surface area contributed by atoms with Gasteiger partial charge >= 0.3 is 5.97 Å². The SMILES string of the molecule is COc1cc(C)ccc1C(N)CCC(=O)O. The molecule has 1 aromatic rings. The fraction of sp³-hybridized carbons (Fsp3) is 0.417. The van der Waals surface area contributed by atoms with Crippen LogP contribution < -0.4 is 10.5 Å². The van der Waals surface area contributed by atoms with Gasteiger partial charge in [0.1, 0.15) is 5.75 Å². The third kappa shape index (κ3) is 3.24. The Balaban J connectivity index is 2.81. The molecule has 0 aliphatic heterocycles. The molecule has 4 heteroatoms. The highest BCUT2D eigenvalue weighted by atomic mass is 16.5. The number of carboxylic acids is 1. The minimum atomic E-state index is -0.832. The van der Waals surface area contributed by atoms with Crippen LogP contribution >= 0.6 is 0 Å². The standard InChI is InChI=1S/C12H17NO3/c1-8-3-4-9(11(7-8)16-2)10(13)5-6-12(14)15/h3-4,7,10H,5-6,13H2,1-2H3,(H,14,15). The highest BCUT2D eigenvalue weighted by Crippen LogP contribution is 2.27. The Kier molecular flexibility index (Phi) is 4.31. The van der Waals surface area contributed by atoms with Crippen LogP contribution in [0.4, 0.5) is 0 Å². The van der Waals surface area contributed by atoms with Gasteiger partial charge in [-0.15, -0.1) is 0 Å². The largest absolute Gasteiger partial charge is 0.496 e. The van der Waals surface area contributed by atoms with Crippen LogP contribution in [0.1, 0.15) is 30.0 Å². The van der Waals surface area contributed by atoms with Crippen LogP contribution in [0.3, 0.4) is 0 Å². The molecule has 1 aromatic carbocycles. The van der Waals surface area contributed by atoms with Crippen molar-refractivity contribution in [2.24, 2.45) is 5.73 Å². The Morgan fingerprint density at radius 2 is 2.25 bits per heavy atom. The number of nitrogens with two attached hydrogens (primary N) is 1. The summed E-state index contributed by atoms with van der Waals surface area (Å²) in [7, 11) is 1.59. The third-order valence-corrected chi connectivity index (χ3v) is 2.46. The number of rotatable bonds is 5. The van der Waals surface area contributed by atoms with Crippen molar-refractivity contribution in [3.8, 4) is 5.75 Å². The monoisotopic (exact) mass is 223 g/mol. The maximum atomic E-state index is 10.5. The van der Waals surface area contributed by atoms with Crippen LogP contribution in [0.25, 0.3) is 0 Å². The molecule has 0 aromatic heterocycles. The van der Waals surface area contributed by atoms with E-state index in [1.54, 1.807) is 7.11 Å². The van der Waals surface area contributed by atoms with Gasteiger partial charge in [0.25, 0.3) is 0 Å². The fourth-order valence-corrected chi connectivity index (χ4v) is 1.56. The Labute approximate surface area is 95.0 Å². The summed E-state index contributed by atoms with van der Waals surface area (Å²) in [6, 6.07) is 5.43. The summed E-state index contributed by atoms with van der Waals surface area (Å²) in [5, 5.41) is 8.59. The van der Waals surface area contributed by atoms with E-state index in [1.807, 2.05) is 25.1 Å². The summed E-state index contributed by atoms with van der Waals surface area (Å²) in [6.45, 7) is 1.97. The molecule has 0 amide bonds. The summed E-state index contributed by atoms with van der Waals surface area (Å²) >= 11 is 0. The number of carbonyl (C=O) groups is 1. The van der Waals surface area contributed by atoms with Crippen molar-refractivity contribution in [1.29, 1.82) is 0 Å². The van der Waals surface area contributed by atoms with Crippen LogP contribution in [0.5, 0.6) is 5.75 Å². The van der Waals surface area contributed by atoms with E-state index in [1.165, 1.54) is 0 Å². The lowest BCUT2D eigenvalue weighted by molar-refractivity contribution is -0.137. The fourth-order valence-electron chi connectivity index (χ4n) is 1.56. The number of hydrogen-bond donors (Lipinski definition) is 2. The molecule has 0 aliphatic rings. The molecule has 4 nitrogen and oxygen atoms in total. The van der Waals surface area contributed by atoms with Crippen molar-refractivity contribution < 1.29 is 14.6 Å². The maximum absolute atomic E-state index is 10.5. The van der Waals surface area contributed by atoms with E-state index in [0.717, 1.165) is 16.9 Å². The van der Waals surface area contributed by atoms with Gasteiger partial charge in [-0.25, -0.2) is 0 Å². The van der Waals surface area contributed by atoms with E-state index in [0.29, 0.717) is 6.42 Å². The minimum absolute atomic E-state index is 0.0677. The van der Waals surface area contributed by atoms with Gasteiger partial charge in [-0.05, 0) is 25.0 Å². The zero-order valence-corrected chi connectivity index (χ0v) is 9.56. The summed E-state index contributed by atoms with van der Waals surface area (Å²) in [5.74, 6) is -0.112. The van der Waals surface area contributed by atoms with Crippen molar-refractivity contribution in [1.82, 2.24) is 0 Å². The Hall–Kier alpha value is -1.55. The molecule has 1 unspecified atom stereocenters. The first-order valence-electron chi connectivity index (χ1n) is 5.16. The Bertz CT molecular complexity index is 377. The second-order valence-corrected chi connectivity index (χ2v) is 3.78. The van der Waals surface area contributed by atoms with E-state index in [2.05, 4.69) is 0 Å². The Morgan fingerprint density at radius 3 is 2.81 bits per heavy atom. The predicted octanol–water partition coefficient (Wildman–Crippen LogP) is 1.87. The van der Waals surface area contributed by atoms with E-state index in [-0.39, 0.29) is 12.5 Å². The molecule has 0 heterocycles. The van der Waals surface area contributed by atoms with Crippen molar-refractivity contribution in [2.75, 3.05) is 7.11 Å². The number of hydrogen-bond acceptors (Lipinski definition) is 3. The topological polar surface area (TPSA) is 72.5 Å². The van der Waals surface area contributed by atoms with Gasteiger partial charge in [0.05, 0.1) is 7.11 Å². The number of carboxylic acid groups (broad SMARTS) is 1. The van der Waals surface area contributed by atoms with E-state index >= 15 is 0 Å². The van der Waals surface area contributed by atoms with Crippen molar-refractivity contribution in [2.45, 2.75) is 25.8 Å². The van der Waals surface area contributed by atoms with Gasteiger partial charge in [0.15, 0.2) is 0 Å². The zero-order chi connectivity index (χ0) is 12.1. The van der Waals surface area contributed by atoms with Crippen molar-refractivity contribution in [3.05, 3.63) is 29.3 Å². The average Bonchev–Trinajstić information content (AvgIpc) is 2.25. The average molecular weight is 223 g/mol. The lowest BCUT2D eigenvalue weighted by Crippen LogP contribution is -2.13. The highest BCUT2D eigenvalue weighted by Gasteiger charge is 2.13. The highest BCUT2D eigenvalue weighted by molar-refractivity contribution is 5.66. The zero-order valence-electron chi connectivity index (χ0n) is 9.56. The molecule has 0 saturated heterocycles. The lowest BCUT2D eigenvalue weighted by Gasteiger charge is -2.15. The molecule has 0 saturated carbocycles. The van der Waals surface area contributed by atoms with E-state index in [9.17, 15) is 4.79 Å². The molecular weight excluding hydrogens is 206 g/mol. The van der Waals surface area contributed by atoms with Crippen LogP contribution in [0.15, 0.2) is 18.2 Å². The number of benzene rings is 1. The summed E-state index contributed by atoms with van der Waals surface area (Å²) in [5.41, 5.74) is 7.87. The summed E-state index contributed by atoms with van der Waals surface area (Å²) < 4.78 is 5.23. The van der Waals surface area contributed by atoms with E-state index in [4.69, 9.17) is 15.6 Å². The number of ether oxygens (including phenoxy) is 1. The van der Waals surface area contributed by atoms with Crippen molar-refractivity contribution in [3.63, 3.8) is 0 Å². The summed E-state index contributed by atoms with van der Waals surface area (Å²) in [4.78, 5) is 10.5. The second-order valence-electron chi connectivity index (χ2n) is 3.78. The molecule has 3 N–H and O–H groups in total. The number of aryl methyl sites for hydroxylation is 1. The first-order chi connectivity index (χ1) is 7.54. The minimum Gasteiger partial charge on any atom is -0.496 e. The van der Waals surface area contributed by atoms with Gasteiger partial charge in [-0.3, -0.25) is 4.79 Å². The lowest BCUT2D eigenvalue weighted by atomic mass is 10.0. The van der Waals surface area contributed by atoms with Gasteiger partial charge in [0.2, 0.25) is 0 Å². The quantitative estimate of drug-likeness (QED) is 0.799. The predicted molar refractivity (Wildman–Crippen MR) is 61.5 cm³/mol. The van der Waals surface area contributed by atoms with Crippen LogP contribution in [0.2, 0.25) is 0 Å². The molecule has 16 heavy (non-hydrogen) atoms. The molecule has 1 rings (SSSR count). The molecule has 0 fully saturated rings.